The molecule has 1 aliphatic carbocycles. The summed E-state index contributed by atoms with van der Waals surface area (Å²) in [7, 11) is 4.46. The molecule has 28 heavy (non-hydrogen) atoms. The van der Waals surface area contributed by atoms with Crippen LogP contribution in [-0.4, -0.2) is 38.3 Å². The van der Waals surface area contributed by atoms with Crippen molar-refractivity contribution in [1.29, 1.82) is 0 Å². The molecule has 1 amide bonds. The highest BCUT2D eigenvalue weighted by atomic mass is 79.9. The summed E-state index contributed by atoms with van der Waals surface area (Å²) in [5, 5.41) is 12.6. The number of hydrogen-bond donors (Lipinski definition) is 2. The summed E-state index contributed by atoms with van der Waals surface area (Å²) in [6, 6.07) is 10.4. The Hall–Kier alpha value is -2.74. The molecule has 148 valence electrons. The monoisotopic (exact) mass is 449 g/mol. The van der Waals surface area contributed by atoms with E-state index in [4.69, 9.17) is 14.2 Å². The molecule has 2 N–H and O–H groups in total. The van der Waals surface area contributed by atoms with Gasteiger partial charge in [-0.25, -0.2) is 0 Å². The first kappa shape index (κ1) is 20.0. The molecule has 2 aromatic rings. The largest absolute Gasteiger partial charge is 0.493 e. The van der Waals surface area contributed by atoms with Crippen LogP contribution in [0, 0.1) is 5.41 Å². The maximum absolute atomic E-state index is 12.9. The molecule has 0 radical (unpaired) electrons. The normalized spacial score (nSPS) is 20.2. The fraction of sp³-hybridized carbons (Fsp3) is 0.300. The first-order valence-corrected chi connectivity index (χ1v) is 9.27. The Morgan fingerprint density at radius 2 is 1.71 bits per heavy atom. The van der Waals surface area contributed by atoms with E-state index in [1.807, 2.05) is 6.07 Å². The Bertz CT molecular complexity index is 906. The minimum Gasteiger partial charge on any atom is -0.493 e. The van der Waals surface area contributed by atoms with Gasteiger partial charge in [0, 0.05) is 10.4 Å². The number of aliphatic carboxylic acids is 1. The number of methoxy groups -OCH3 is 3. The van der Waals surface area contributed by atoms with E-state index in [2.05, 4.69) is 21.2 Å². The smallest absolute Gasteiger partial charge is 0.319 e. The van der Waals surface area contributed by atoms with Gasteiger partial charge in [0.1, 0.15) is 0 Å². The summed E-state index contributed by atoms with van der Waals surface area (Å²) < 4.78 is 16.7. The van der Waals surface area contributed by atoms with Gasteiger partial charge in [0.2, 0.25) is 11.7 Å². The number of benzene rings is 2. The average molecular weight is 450 g/mol. The molecule has 2 aromatic carbocycles. The van der Waals surface area contributed by atoms with Crippen molar-refractivity contribution in [2.45, 2.75) is 12.3 Å². The van der Waals surface area contributed by atoms with Gasteiger partial charge in [0.25, 0.3) is 0 Å². The van der Waals surface area contributed by atoms with Gasteiger partial charge in [0.15, 0.2) is 16.9 Å². The number of carboxylic acids is 1. The molecule has 0 spiro atoms. The van der Waals surface area contributed by atoms with E-state index in [0.717, 1.165) is 0 Å². The Labute approximate surface area is 170 Å². The topological polar surface area (TPSA) is 94.1 Å². The standard InChI is InChI=1S/C20H20BrNO6/c1-26-15-8-11(9-16(27-2)17(15)28-3)12-10-20(12,19(24)25)18(23)22-14-7-5-4-6-13(14)21/h4-9,12H,10H2,1-3H3,(H,22,23)(H,24,25). The van der Waals surface area contributed by atoms with E-state index >= 15 is 0 Å². The fourth-order valence-corrected chi connectivity index (χ4v) is 3.73. The van der Waals surface area contributed by atoms with Crippen molar-refractivity contribution in [2.24, 2.45) is 5.41 Å². The maximum Gasteiger partial charge on any atom is 0.319 e. The van der Waals surface area contributed by atoms with Crippen molar-refractivity contribution in [3.63, 3.8) is 0 Å². The number of amides is 1. The zero-order valence-electron chi connectivity index (χ0n) is 15.6. The van der Waals surface area contributed by atoms with E-state index in [1.165, 1.54) is 21.3 Å². The Kier molecular flexibility index (Phi) is 5.51. The molecule has 0 bridgehead atoms. The molecular formula is C20H20BrNO6. The summed E-state index contributed by atoms with van der Waals surface area (Å²) in [6.45, 7) is 0. The summed E-state index contributed by atoms with van der Waals surface area (Å²) in [5.74, 6) is -1.01. The number of nitrogens with one attached hydrogen (secondary N) is 1. The third-order valence-corrected chi connectivity index (χ3v) is 5.65. The predicted molar refractivity (Wildman–Crippen MR) is 106 cm³/mol. The van der Waals surface area contributed by atoms with Crippen LogP contribution in [0.25, 0.3) is 0 Å². The zero-order chi connectivity index (χ0) is 20.5. The third kappa shape index (κ3) is 3.28. The third-order valence-electron chi connectivity index (χ3n) is 4.96. The lowest BCUT2D eigenvalue weighted by Gasteiger charge is -2.17. The van der Waals surface area contributed by atoms with E-state index in [-0.39, 0.29) is 6.42 Å². The van der Waals surface area contributed by atoms with Crippen LogP contribution in [0.1, 0.15) is 17.9 Å². The van der Waals surface area contributed by atoms with Gasteiger partial charge in [-0.3, -0.25) is 9.59 Å². The number of hydrogen-bond acceptors (Lipinski definition) is 5. The van der Waals surface area contributed by atoms with E-state index in [0.29, 0.717) is 33.0 Å². The van der Waals surface area contributed by atoms with Gasteiger partial charge < -0.3 is 24.6 Å². The van der Waals surface area contributed by atoms with Crippen LogP contribution in [0.2, 0.25) is 0 Å². The first-order chi connectivity index (χ1) is 13.4. The first-order valence-electron chi connectivity index (χ1n) is 8.48. The van der Waals surface area contributed by atoms with Crippen molar-refractivity contribution in [2.75, 3.05) is 26.6 Å². The van der Waals surface area contributed by atoms with E-state index in [9.17, 15) is 14.7 Å². The van der Waals surface area contributed by atoms with Crippen LogP contribution >= 0.6 is 15.9 Å². The minimum atomic E-state index is -1.56. The SMILES string of the molecule is COc1cc(C2CC2(C(=O)O)C(=O)Nc2ccccc2Br)cc(OC)c1OC. The number of rotatable bonds is 7. The predicted octanol–water partition coefficient (Wildman–Crippen LogP) is 3.67. The molecule has 7 nitrogen and oxygen atoms in total. The zero-order valence-corrected chi connectivity index (χ0v) is 17.2. The molecule has 0 aliphatic heterocycles. The number of halogens is 1. The highest BCUT2D eigenvalue weighted by Gasteiger charge is 2.67. The molecule has 2 atom stereocenters. The average Bonchev–Trinajstić information content (AvgIpc) is 3.46. The lowest BCUT2D eigenvalue weighted by atomic mass is 9.97. The highest BCUT2D eigenvalue weighted by Crippen LogP contribution is 2.61. The molecule has 3 rings (SSSR count). The van der Waals surface area contributed by atoms with Crippen molar-refractivity contribution in [3.05, 3.63) is 46.4 Å². The summed E-state index contributed by atoms with van der Waals surface area (Å²) in [6.07, 6.45) is 0.178. The van der Waals surface area contributed by atoms with Crippen LogP contribution in [0.3, 0.4) is 0 Å². The van der Waals surface area contributed by atoms with Crippen molar-refractivity contribution < 1.29 is 28.9 Å². The van der Waals surface area contributed by atoms with Gasteiger partial charge in [-0.15, -0.1) is 0 Å². The van der Waals surface area contributed by atoms with E-state index < -0.39 is 23.2 Å². The number of para-hydroxylation sites is 1. The molecule has 0 saturated heterocycles. The van der Waals surface area contributed by atoms with Crippen LogP contribution in [-0.2, 0) is 9.59 Å². The second-order valence-corrected chi connectivity index (χ2v) is 7.28. The molecule has 1 saturated carbocycles. The summed E-state index contributed by atoms with van der Waals surface area (Å²) in [4.78, 5) is 25.0. The molecule has 1 aliphatic rings. The van der Waals surface area contributed by atoms with Gasteiger partial charge in [-0.05, 0) is 52.2 Å². The van der Waals surface area contributed by atoms with Gasteiger partial charge in [0.05, 0.1) is 27.0 Å². The van der Waals surface area contributed by atoms with Crippen LogP contribution in [0.15, 0.2) is 40.9 Å². The molecule has 2 unspecified atom stereocenters. The number of anilines is 1. The van der Waals surface area contributed by atoms with Crippen LogP contribution < -0.4 is 19.5 Å². The number of ether oxygens (including phenoxy) is 3. The summed E-state index contributed by atoms with van der Waals surface area (Å²) >= 11 is 3.35. The maximum atomic E-state index is 12.9. The number of carbonyl (C=O) groups is 2. The van der Waals surface area contributed by atoms with Gasteiger partial charge in [-0.1, -0.05) is 12.1 Å². The van der Waals surface area contributed by atoms with Crippen molar-refractivity contribution in [1.82, 2.24) is 0 Å². The van der Waals surface area contributed by atoms with Gasteiger partial charge >= 0.3 is 5.97 Å². The second kappa shape index (κ2) is 7.71. The van der Waals surface area contributed by atoms with Crippen molar-refractivity contribution in [3.8, 4) is 17.2 Å². The van der Waals surface area contributed by atoms with E-state index in [1.54, 1.807) is 30.3 Å². The Morgan fingerprint density at radius 1 is 1.11 bits per heavy atom. The van der Waals surface area contributed by atoms with Crippen LogP contribution in [0.5, 0.6) is 17.2 Å². The van der Waals surface area contributed by atoms with Crippen molar-refractivity contribution >= 4 is 33.5 Å². The molecule has 1 fully saturated rings. The van der Waals surface area contributed by atoms with Crippen LogP contribution in [0.4, 0.5) is 5.69 Å². The Balaban J connectivity index is 1.95. The lowest BCUT2D eigenvalue weighted by molar-refractivity contribution is -0.147. The summed E-state index contributed by atoms with van der Waals surface area (Å²) in [5.41, 5.74) is -0.400. The molecular weight excluding hydrogens is 430 g/mol. The minimum absolute atomic E-state index is 0.178. The quantitative estimate of drug-likeness (QED) is 0.626. The second-order valence-electron chi connectivity index (χ2n) is 6.43. The fourth-order valence-electron chi connectivity index (χ4n) is 3.35. The number of carboxylic acid groups (broad SMARTS) is 1. The molecule has 8 heteroatoms. The Morgan fingerprint density at radius 3 is 2.21 bits per heavy atom. The molecule has 0 heterocycles. The number of carbonyl (C=O) groups excluding carboxylic acids is 1. The lowest BCUT2D eigenvalue weighted by Crippen LogP contribution is -2.33. The van der Waals surface area contributed by atoms with Gasteiger partial charge in [-0.2, -0.15) is 0 Å². The molecule has 0 aromatic heterocycles. The highest BCUT2D eigenvalue weighted by molar-refractivity contribution is 9.10.